The van der Waals surface area contributed by atoms with Crippen molar-refractivity contribution in [2.45, 2.75) is 142 Å². The molecule has 75 heavy (non-hydrogen) atoms. The van der Waals surface area contributed by atoms with Gasteiger partial charge in [0.05, 0.1) is 30.9 Å². The Balaban J connectivity index is 0.000000271. The topological polar surface area (TPSA) is 171 Å². The van der Waals surface area contributed by atoms with Gasteiger partial charge in [-0.1, -0.05) is 122 Å². The zero-order valence-corrected chi connectivity index (χ0v) is 45.5. The summed E-state index contributed by atoms with van der Waals surface area (Å²) in [6, 6.07) is 36.6. The third kappa shape index (κ3) is 22.3. The summed E-state index contributed by atoms with van der Waals surface area (Å²) in [6.07, 6.45) is 14.8. The van der Waals surface area contributed by atoms with Crippen molar-refractivity contribution in [3.8, 4) is 11.5 Å². The van der Waals surface area contributed by atoms with Crippen LogP contribution in [0.5, 0.6) is 11.5 Å². The fourth-order valence-corrected chi connectivity index (χ4v) is 8.83. The van der Waals surface area contributed by atoms with E-state index in [1.54, 1.807) is 31.2 Å². The van der Waals surface area contributed by atoms with Gasteiger partial charge in [0, 0.05) is 35.3 Å². The van der Waals surface area contributed by atoms with E-state index in [4.69, 9.17) is 24.4 Å². The molecule has 0 bridgehead atoms. The number of ketones is 2. The van der Waals surface area contributed by atoms with E-state index in [2.05, 4.69) is 13.8 Å². The Labute approximate surface area is 447 Å². The number of thioether (sulfide) groups is 1. The van der Waals surface area contributed by atoms with E-state index >= 15 is 0 Å². The number of benzene rings is 6. The van der Waals surface area contributed by atoms with Crippen molar-refractivity contribution in [2.75, 3.05) is 19.8 Å². The molecule has 11 nitrogen and oxygen atoms in total. The van der Waals surface area contributed by atoms with E-state index in [0.717, 1.165) is 127 Å². The average molecular weight is 1040 g/mol. The Bertz CT molecular complexity index is 2760. The largest absolute Gasteiger partial charge is 0.494 e. The summed E-state index contributed by atoms with van der Waals surface area (Å²) in [5, 5.41) is 21.7. The Kier molecular flexibility index (Phi) is 26.9. The van der Waals surface area contributed by atoms with Gasteiger partial charge in [0.1, 0.15) is 17.3 Å². The molecule has 0 heterocycles. The lowest BCUT2D eigenvalue weighted by molar-refractivity contribution is -0.141. The van der Waals surface area contributed by atoms with Crippen LogP contribution in [-0.2, 0) is 14.3 Å². The van der Waals surface area contributed by atoms with Gasteiger partial charge in [0.2, 0.25) is 5.12 Å². The van der Waals surface area contributed by atoms with E-state index in [-0.39, 0.29) is 28.3 Å². The molecule has 0 amide bonds. The summed E-state index contributed by atoms with van der Waals surface area (Å²) in [5.41, 5.74) is 3.08. The highest BCUT2D eigenvalue weighted by Gasteiger charge is 2.13. The van der Waals surface area contributed by atoms with Crippen LogP contribution >= 0.6 is 11.8 Å². The monoisotopic (exact) mass is 1040 g/mol. The van der Waals surface area contributed by atoms with E-state index in [0.29, 0.717) is 54.0 Å². The number of Topliss-reactive ketones (excluding diaryl/α,β-unsaturated/α-hetero) is 2. The standard InChI is InChI=1S/C30H34O5S.C22H28O4.C11H14O2/c1-3-28(31)21(2)9-7-5-4-6-8-18-35-26-15-12-23-19-25(11-10-24(23)20-26)30(34)36-27-16-13-22(14-17-27)29(32)33;1-17(23)19-9-10-21-16-22(12-11-20(21)15-19)26-14-8-6-4-3-5-7-13-25-18(2)24;1-3-8(2)9-4-6-10(7-5-9)11(12)13/h10-17,19-21H,3-9,18H2,1-2H3,(H,32,33);9-12,15-16H,3-8,13-14H2,1-2H3;4-8H,3H2,1-2H3,(H,12,13). The molecule has 0 saturated heterocycles. The van der Waals surface area contributed by atoms with E-state index in [1.165, 1.54) is 31.0 Å². The number of carbonyl (C=O) groups excluding carboxylic acids is 4. The van der Waals surface area contributed by atoms with Crippen LogP contribution in [0.25, 0.3) is 21.5 Å². The fourth-order valence-electron chi connectivity index (χ4n) is 8.09. The minimum absolute atomic E-state index is 0.0820. The lowest BCUT2D eigenvalue weighted by Crippen LogP contribution is -2.08. The molecule has 6 aromatic carbocycles. The maximum absolute atomic E-state index is 12.7. The predicted molar refractivity (Wildman–Crippen MR) is 301 cm³/mol. The van der Waals surface area contributed by atoms with Crippen molar-refractivity contribution < 1.29 is 53.2 Å². The maximum atomic E-state index is 12.7. The first-order chi connectivity index (χ1) is 36.1. The first-order valence-electron chi connectivity index (χ1n) is 26.5. The maximum Gasteiger partial charge on any atom is 0.335 e. The average Bonchev–Trinajstić information content (AvgIpc) is 3.41. The number of esters is 1. The zero-order valence-electron chi connectivity index (χ0n) is 44.7. The summed E-state index contributed by atoms with van der Waals surface area (Å²) in [5.74, 6) is 0.781. The number of aromatic carboxylic acids is 2. The molecule has 0 radical (unpaired) electrons. The van der Waals surface area contributed by atoms with Crippen molar-refractivity contribution in [3.05, 3.63) is 149 Å². The van der Waals surface area contributed by atoms with Crippen molar-refractivity contribution >= 4 is 67.9 Å². The molecule has 6 aromatic rings. The summed E-state index contributed by atoms with van der Waals surface area (Å²) >= 11 is 1.08. The molecule has 2 N–H and O–H groups in total. The number of unbranched alkanes of at least 4 members (excludes halogenated alkanes) is 9. The Hall–Kier alpha value is -6.79. The van der Waals surface area contributed by atoms with Crippen LogP contribution in [0.1, 0.15) is 184 Å². The van der Waals surface area contributed by atoms with Crippen molar-refractivity contribution in [3.63, 3.8) is 0 Å². The number of rotatable bonds is 28. The zero-order chi connectivity index (χ0) is 54.5. The first-order valence-corrected chi connectivity index (χ1v) is 27.3. The molecule has 400 valence electrons. The number of carbonyl (C=O) groups is 6. The van der Waals surface area contributed by atoms with Crippen molar-refractivity contribution in [2.24, 2.45) is 5.92 Å². The molecule has 0 aliphatic carbocycles. The van der Waals surface area contributed by atoms with Gasteiger partial charge in [-0.3, -0.25) is 19.2 Å². The molecule has 0 aliphatic rings. The normalized spacial score (nSPS) is 11.5. The van der Waals surface area contributed by atoms with Crippen LogP contribution in [0.4, 0.5) is 0 Å². The van der Waals surface area contributed by atoms with Crippen LogP contribution in [0.2, 0.25) is 0 Å². The second-order valence-electron chi connectivity index (χ2n) is 18.9. The molecule has 2 atom stereocenters. The molecular weight excluding hydrogens is 965 g/mol. The van der Waals surface area contributed by atoms with Gasteiger partial charge >= 0.3 is 17.9 Å². The van der Waals surface area contributed by atoms with E-state index < -0.39 is 11.9 Å². The molecule has 6 rings (SSSR count). The van der Waals surface area contributed by atoms with Crippen molar-refractivity contribution in [1.82, 2.24) is 0 Å². The highest BCUT2D eigenvalue weighted by molar-refractivity contribution is 8.14. The Morgan fingerprint density at radius 1 is 0.493 bits per heavy atom. The van der Waals surface area contributed by atoms with Crippen molar-refractivity contribution in [1.29, 1.82) is 0 Å². The highest BCUT2D eigenvalue weighted by atomic mass is 32.2. The Morgan fingerprint density at radius 3 is 1.40 bits per heavy atom. The minimum Gasteiger partial charge on any atom is -0.494 e. The minimum atomic E-state index is -0.988. The molecule has 0 fully saturated rings. The highest BCUT2D eigenvalue weighted by Crippen LogP contribution is 2.28. The van der Waals surface area contributed by atoms with Gasteiger partial charge in [0.15, 0.2) is 5.78 Å². The van der Waals surface area contributed by atoms with E-state index in [9.17, 15) is 28.8 Å². The lowest BCUT2D eigenvalue weighted by Gasteiger charge is -2.09. The van der Waals surface area contributed by atoms with Gasteiger partial charge in [-0.05, 0) is 163 Å². The van der Waals surface area contributed by atoms with Crippen LogP contribution in [-0.4, -0.2) is 64.6 Å². The van der Waals surface area contributed by atoms with Crippen LogP contribution in [0.15, 0.2) is 126 Å². The fraction of sp³-hybridized carbons (Fsp3) is 0.397. The predicted octanol–water partition coefficient (Wildman–Crippen LogP) is 16.0. The summed E-state index contributed by atoms with van der Waals surface area (Å²) in [4.78, 5) is 68.6. The summed E-state index contributed by atoms with van der Waals surface area (Å²) in [6.45, 7) is 13.2. The number of hydrogen-bond acceptors (Lipinski definition) is 10. The van der Waals surface area contributed by atoms with Gasteiger partial charge < -0.3 is 24.4 Å². The van der Waals surface area contributed by atoms with Gasteiger partial charge in [-0.2, -0.15) is 0 Å². The summed E-state index contributed by atoms with van der Waals surface area (Å²) in [7, 11) is 0. The second kappa shape index (κ2) is 33.2. The smallest absolute Gasteiger partial charge is 0.335 e. The molecule has 0 aromatic heterocycles. The summed E-state index contributed by atoms with van der Waals surface area (Å²) < 4.78 is 16.7. The van der Waals surface area contributed by atoms with Crippen LogP contribution in [0.3, 0.4) is 0 Å². The number of carboxylic acids is 2. The molecule has 12 heteroatoms. The third-order valence-corrected chi connectivity index (χ3v) is 13.9. The quantitative estimate of drug-likeness (QED) is 0.0207. The van der Waals surface area contributed by atoms with Gasteiger partial charge in [-0.15, -0.1) is 0 Å². The number of hydrogen-bond donors (Lipinski definition) is 2. The molecule has 2 unspecified atom stereocenters. The Morgan fingerprint density at radius 2 is 0.920 bits per heavy atom. The van der Waals surface area contributed by atoms with E-state index in [1.807, 2.05) is 98.8 Å². The molecule has 0 saturated carbocycles. The SMILES string of the molecule is CC(=O)OCCCCCCCCOc1ccc2cc(C(C)=O)ccc2c1.CCC(=O)C(C)CCCCCCCOc1ccc2cc(C(=O)Sc3ccc(C(=O)O)cc3)ccc2c1.CCC(C)c1ccc(C(=O)O)cc1. The van der Waals surface area contributed by atoms with Gasteiger partial charge in [0.25, 0.3) is 0 Å². The third-order valence-electron chi connectivity index (χ3n) is 13.0. The lowest BCUT2D eigenvalue weighted by atomic mass is 9.97. The second-order valence-corrected chi connectivity index (χ2v) is 19.9. The van der Waals surface area contributed by atoms with Crippen LogP contribution < -0.4 is 9.47 Å². The number of carboxylic acid groups (broad SMARTS) is 2. The first kappa shape index (κ1) is 60.8. The number of fused-ring (bicyclic) bond motifs is 2. The van der Waals surface area contributed by atoms with Crippen LogP contribution in [0, 0.1) is 5.92 Å². The van der Waals surface area contributed by atoms with Gasteiger partial charge in [-0.25, -0.2) is 9.59 Å². The number of ether oxygens (including phenoxy) is 3. The molecular formula is C63H76O11S. The molecule has 0 spiro atoms. The molecule has 0 aliphatic heterocycles.